The molecule has 51 heavy (non-hydrogen) atoms. The number of para-hydroxylation sites is 1. The highest BCUT2D eigenvalue weighted by Gasteiger charge is 2.20. The van der Waals surface area contributed by atoms with Crippen molar-refractivity contribution >= 4 is 21.8 Å². The van der Waals surface area contributed by atoms with Gasteiger partial charge in [0.2, 0.25) is 0 Å². The van der Waals surface area contributed by atoms with Crippen LogP contribution in [0.4, 0.5) is 4.39 Å². The van der Waals surface area contributed by atoms with Crippen LogP contribution in [0.15, 0.2) is 170 Å². The van der Waals surface area contributed by atoms with Gasteiger partial charge in [-0.2, -0.15) is 0 Å². The van der Waals surface area contributed by atoms with Gasteiger partial charge in [0, 0.05) is 38.7 Å². The van der Waals surface area contributed by atoms with Gasteiger partial charge in [-0.05, 0) is 65.6 Å². The van der Waals surface area contributed by atoms with Crippen LogP contribution < -0.4 is 0 Å². The van der Waals surface area contributed by atoms with Crippen LogP contribution in [-0.4, -0.2) is 19.5 Å². The van der Waals surface area contributed by atoms with E-state index in [2.05, 4.69) is 90.4 Å². The molecule has 0 saturated heterocycles. The summed E-state index contributed by atoms with van der Waals surface area (Å²) in [4.78, 5) is 15.0. The number of aromatic nitrogens is 4. The van der Waals surface area contributed by atoms with E-state index in [0.29, 0.717) is 34.2 Å². The van der Waals surface area contributed by atoms with E-state index in [4.69, 9.17) is 15.0 Å². The number of fused-ring (bicyclic) bond motifs is 3. The third-order valence-corrected chi connectivity index (χ3v) is 9.49. The van der Waals surface area contributed by atoms with Crippen LogP contribution in [0.2, 0.25) is 0 Å². The predicted molar refractivity (Wildman–Crippen MR) is 206 cm³/mol. The van der Waals surface area contributed by atoms with Gasteiger partial charge < -0.3 is 4.57 Å². The number of hydrogen-bond acceptors (Lipinski definition) is 3. The fourth-order valence-electron chi connectivity index (χ4n) is 7.02. The van der Waals surface area contributed by atoms with Crippen molar-refractivity contribution in [3.05, 3.63) is 181 Å². The molecule has 7 aromatic carbocycles. The Bertz CT molecular complexity index is 2660. The molecule has 0 atom stereocenters. The third kappa shape index (κ3) is 5.45. The molecule has 242 valence electrons. The lowest BCUT2D eigenvalue weighted by Gasteiger charge is -2.16. The molecule has 5 heteroatoms. The fourth-order valence-corrected chi connectivity index (χ4v) is 7.02. The first kappa shape index (κ1) is 30.3. The summed E-state index contributed by atoms with van der Waals surface area (Å²) in [6.07, 6.45) is 0. The minimum Gasteiger partial charge on any atom is -0.309 e. The highest BCUT2D eigenvalue weighted by molar-refractivity contribution is 6.10. The van der Waals surface area contributed by atoms with Crippen molar-refractivity contribution in [1.29, 1.82) is 0 Å². The highest BCUT2D eigenvalue weighted by Crippen LogP contribution is 2.39. The lowest BCUT2D eigenvalue weighted by atomic mass is 9.97. The van der Waals surface area contributed by atoms with Gasteiger partial charge >= 0.3 is 0 Å². The molecular formula is C46H31FN4. The topological polar surface area (TPSA) is 43.6 Å². The molecule has 0 fully saturated rings. The summed E-state index contributed by atoms with van der Waals surface area (Å²) in [6, 6.07) is 56.4. The maximum absolute atomic E-state index is 15.6. The van der Waals surface area contributed by atoms with Gasteiger partial charge in [0.05, 0.1) is 11.0 Å². The molecule has 0 aliphatic carbocycles. The predicted octanol–water partition coefficient (Wildman–Crippen LogP) is 11.8. The van der Waals surface area contributed by atoms with Crippen molar-refractivity contribution in [1.82, 2.24) is 19.5 Å². The Kier molecular flexibility index (Phi) is 7.51. The van der Waals surface area contributed by atoms with Crippen LogP contribution >= 0.6 is 0 Å². The van der Waals surface area contributed by atoms with Crippen LogP contribution in [0.25, 0.3) is 83.9 Å². The minimum atomic E-state index is -0.312. The molecule has 0 unspecified atom stereocenters. The molecule has 0 spiro atoms. The van der Waals surface area contributed by atoms with Crippen LogP contribution in [0.1, 0.15) is 5.56 Å². The standard InChI is InChI=1S/C46H31FN4/c1-30-14-8-9-19-35(30)33-24-27-43-39(28-33)38-21-11-13-23-42(38)51(43)34-25-26-36(37-20-10-12-22-41(37)47)40(29-34)46-49-44(31-15-4-2-5-16-31)48-45(50-46)32-17-6-3-7-18-32/h2-29H,1H3. The monoisotopic (exact) mass is 658 g/mol. The summed E-state index contributed by atoms with van der Waals surface area (Å²) in [5.74, 6) is 1.24. The molecular weight excluding hydrogens is 628 g/mol. The zero-order chi connectivity index (χ0) is 34.3. The fraction of sp³-hybridized carbons (Fsp3) is 0.0217. The van der Waals surface area contributed by atoms with Crippen LogP contribution in [0.3, 0.4) is 0 Å². The van der Waals surface area contributed by atoms with E-state index in [1.54, 1.807) is 12.1 Å². The van der Waals surface area contributed by atoms with Crippen molar-refractivity contribution < 1.29 is 4.39 Å². The van der Waals surface area contributed by atoms with Crippen molar-refractivity contribution in [2.24, 2.45) is 0 Å². The average Bonchev–Trinajstić information content (AvgIpc) is 3.52. The molecule has 0 N–H and O–H groups in total. The first-order valence-electron chi connectivity index (χ1n) is 17.0. The van der Waals surface area contributed by atoms with Gasteiger partial charge in [0.15, 0.2) is 17.5 Å². The van der Waals surface area contributed by atoms with Crippen molar-refractivity contribution in [2.75, 3.05) is 0 Å². The van der Waals surface area contributed by atoms with Gasteiger partial charge in [-0.1, -0.05) is 133 Å². The summed E-state index contributed by atoms with van der Waals surface area (Å²) in [5.41, 5.74) is 10.3. The molecule has 0 aliphatic rings. The molecule has 0 aliphatic heterocycles. The normalized spacial score (nSPS) is 11.3. The number of nitrogens with zero attached hydrogens (tertiary/aromatic N) is 4. The SMILES string of the molecule is Cc1ccccc1-c1ccc2c(c1)c1ccccc1n2-c1ccc(-c2ccccc2F)c(-c2nc(-c3ccccc3)nc(-c3ccccc3)n2)c1. The molecule has 0 saturated carbocycles. The van der Waals surface area contributed by atoms with E-state index in [1.165, 1.54) is 22.8 Å². The first-order valence-corrected chi connectivity index (χ1v) is 17.0. The maximum atomic E-state index is 15.6. The number of aryl methyl sites for hydroxylation is 1. The summed E-state index contributed by atoms with van der Waals surface area (Å²) >= 11 is 0. The molecule has 0 amide bonds. The van der Waals surface area contributed by atoms with Crippen molar-refractivity contribution in [2.45, 2.75) is 6.92 Å². The molecule has 0 radical (unpaired) electrons. The van der Waals surface area contributed by atoms with Crippen LogP contribution in [-0.2, 0) is 0 Å². The van der Waals surface area contributed by atoms with Crippen molar-refractivity contribution in [3.8, 4) is 62.1 Å². The second-order valence-electron chi connectivity index (χ2n) is 12.6. The smallest absolute Gasteiger partial charge is 0.164 e. The molecule has 2 heterocycles. The second kappa shape index (κ2) is 12.6. The maximum Gasteiger partial charge on any atom is 0.164 e. The zero-order valence-corrected chi connectivity index (χ0v) is 27.8. The van der Waals surface area contributed by atoms with Gasteiger partial charge in [-0.25, -0.2) is 19.3 Å². The van der Waals surface area contributed by atoms with Gasteiger partial charge in [0.1, 0.15) is 5.82 Å². The minimum absolute atomic E-state index is 0.312. The van der Waals surface area contributed by atoms with E-state index in [0.717, 1.165) is 38.6 Å². The highest BCUT2D eigenvalue weighted by atomic mass is 19.1. The third-order valence-electron chi connectivity index (χ3n) is 9.49. The van der Waals surface area contributed by atoms with Crippen LogP contribution in [0, 0.1) is 12.7 Å². The van der Waals surface area contributed by atoms with E-state index in [-0.39, 0.29) is 5.82 Å². The Morgan fingerprint density at radius 3 is 1.71 bits per heavy atom. The molecule has 9 aromatic rings. The van der Waals surface area contributed by atoms with Gasteiger partial charge in [-0.15, -0.1) is 0 Å². The zero-order valence-electron chi connectivity index (χ0n) is 27.8. The Hall–Kier alpha value is -6.72. The Morgan fingerprint density at radius 1 is 0.412 bits per heavy atom. The van der Waals surface area contributed by atoms with E-state index < -0.39 is 0 Å². The number of halogens is 1. The lowest BCUT2D eigenvalue weighted by Crippen LogP contribution is -2.03. The summed E-state index contributed by atoms with van der Waals surface area (Å²) in [6.45, 7) is 2.15. The molecule has 9 rings (SSSR count). The summed E-state index contributed by atoms with van der Waals surface area (Å²) in [7, 11) is 0. The summed E-state index contributed by atoms with van der Waals surface area (Å²) in [5, 5.41) is 2.31. The Balaban J connectivity index is 1.31. The largest absolute Gasteiger partial charge is 0.309 e. The number of rotatable bonds is 6. The summed E-state index contributed by atoms with van der Waals surface area (Å²) < 4.78 is 17.9. The van der Waals surface area contributed by atoms with Gasteiger partial charge in [-0.3, -0.25) is 0 Å². The molecule has 2 aromatic heterocycles. The Morgan fingerprint density at radius 2 is 1.00 bits per heavy atom. The van der Waals surface area contributed by atoms with E-state index in [9.17, 15) is 0 Å². The quantitative estimate of drug-likeness (QED) is 0.179. The Labute approximate surface area is 295 Å². The van der Waals surface area contributed by atoms with Gasteiger partial charge in [0.25, 0.3) is 0 Å². The van der Waals surface area contributed by atoms with E-state index in [1.807, 2.05) is 72.8 Å². The van der Waals surface area contributed by atoms with Crippen molar-refractivity contribution in [3.63, 3.8) is 0 Å². The molecule has 0 bridgehead atoms. The lowest BCUT2D eigenvalue weighted by molar-refractivity contribution is 0.631. The van der Waals surface area contributed by atoms with E-state index >= 15 is 4.39 Å². The first-order chi connectivity index (χ1) is 25.1. The molecule has 4 nitrogen and oxygen atoms in total. The second-order valence-corrected chi connectivity index (χ2v) is 12.6. The van der Waals surface area contributed by atoms with Crippen LogP contribution in [0.5, 0.6) is 0 Å². The number of benzene rings is 7. The number of hydrogen-bond donors (Lipinski definition) is 0. The average molecular weight is 659 g/mol.